The van der Waals surface area contributed by atoms with Crippen LogP contribution in [0, 0.1) is 0 Å². The SMILES string of the molecule is CCOC(=O)Cc1ccccc1NC(=O)c1nc(-c2cccc(CNC(=O)OC(C)(C)C)c2)nc2ccccc12. The van der Waals surface area contributed by atoms with Gasteiger partial charge >= 0.3 is 12.1 Å². The number of nitrogens with one attached hydrogen (secondary N) is 2. The number of benzene rings is 3. The van der Waals surface area contributed by atoms with Gasteiger partial charge < -0.3 is 20.1 Å². The zero-order chi connectivity index (χ0) is 28.7. The molecule has 2 amide bonds. The van der Waals surface area contributed by atoms with Crippen LogP contribution in [0.3, 0.4) is 0 Å². The lowest BCUT2D eigenvalue weighted by molar-refractivity contribution is -0.142. The minimum atomic E-state index is -0.596. The highest BCUT2D eigenvalue weighted by Gasteiger charge is 2.19. The first-order chi connectivity index (χ1) is 19.1. The van der Waals surface area contributed by atoms with Crippen LogP contribution in [0.2, 0.25) is 0 Å². The van der Waals surface area contributed by atoms with Crippen LogP contribution < -0.4 is 10.6 Å². The first-order valence-electron chi connectivity index (χ1n) is 13.0. The quantitative estimate of drug-likeness (QED) is 0.276. The third kappa shape index (κ3) is 7.41. The van der Waals surface area contributed by atoms with E-state index in [4.69, 9.17) is 14.5 Å². The van der Waals surface area contributed by atoms with Gasteiger partial charge in [-0.25, -0.2) is 14.8 Å². The topological polar surface area (TPSA) is 120 Å². The molecule has 0 saturated heterocycles. The van der Waals surface area contributed by atoms with Crippen LogP contribution in [0.15, 0.2) is 72.8 Å². The molecule has 9 heteroatoms. The Labute approximate surface area is 232 Å². The van der Waals surface area contributed by atoms with Crippen molar-refractivity contribution >= 4 is 34.6 Å². The summed E-state index contributed by atoms with van der Waals surface area (Å²) in [6.45, 7) is 7.68. The van der Waals surface area contributed by atoms with Crippen LogP contribution in [0.5, 0.6) is 0 Å². The molecule has 0 unspecified atom stereocenters. The minimum absolute atomic E-state index is 0.0319. The van der Waals surface area contributed by atoms with Crippen molar-refractivity contribution in [2.75, 3.05) is 11.9 Å². The number of carbonyl (C=O) groups excluding carboxylic acids is 3. The number of rotatable bonds is 8. The van der Waals surface area contributed by atoms with Gasteiger partial charge in [0.15, 0.2) is 5.82 Å². The molecule has 3 aromatic carbocycles. The van der Waals surface area contributed by atoms with E-state index in [1.807, 2.05) is 42.5 Å². The average Bonchev–Trinajstić information content (AvgIpc) is 2.91. The first-order valence-corrected chi connectivity index (χ1v) is 13.0. The zero-order valence-corrected chi connectivity index (χ0v) is 23.0. The molecule has 0 radical (unpaired) electrons. The summed E-state index contributed by atoms with van der Waals surface area (Å²) >= 11 is 0. The largest absolute Gasteiger partial charge is 0.466 e. The summed E-state index contributed by atoms with van der Waals surface area (Å²) in [6.07, 6.45) is -0.480. The van der Waals surface area contributed by atoms with Gasteiger partial charge in [-0.1, -0.05) is 54.6 Å². The number of nitrogens with zero attached hydrogens (tertiary/aromatic N) is 2. The zero-order valence-electron chi connectivity index (χ0n) is 23.0. The molecule has 4 rings (SSSR count). The Kier molecular flexibility index (Phi) is 8.73. The van der Waals surface area contributed by atoms with Crippen molar-refractivity contribution in [2.24, 2.45) is 0 Å². The fourth-order valence-corrected chi connectivity index (χ4v) is 4.03. The van der Waals surface area contributed by atoms with Gasteiger partial charge in [-0.15, -0.1) is 0 Å². The molecule has 9 nitrogen and oxygen atoms in total. The summed E-state index contributed by atoms with van der Waals surface area (Å²) in [7, 11) is 0. The maximum atomic E-state index is 13.6. The second kappa shape index (κ2) is 12.4. The van der Waals surface area contributed by atoms with Crippen LogP contribution >= 0.6 is 0 Å². The normalized spacial score (nSPS) is 11.1. The molecular weight excluding hydrogens is 508 g/mol. The van der Waals surface area contributed by atoms with E-state index in [2.05, 4.69) is 15.6 Å². The number of anilines is 1. The number of alkyl carbamates (subject to hydrolysis) is 1. The fourth-order valence-electron chi connectivity index (χ4n) is 4.03. The Hall–Kier alpha value is -4.79. The van der Waals surface area contributed by atoms with Gasteiger partial charge in [-0.3, -0.25) is 9.59 Å². The number of hydrogen-bond acceptors (Lipinski definition) is 7. The van der Waals surface area contributed by atoms with E-state index in [1.165, 1.54) is 0 Å². The third-order valence-electron chi connectivity index (χ3n) is 5.74. The second-order valence-corrected chi connectivity index (χ2v) is 10.1. The van der Waals surface area contributed by atoms with Crippen molar-refractivity contribution in [3.8, 4) is 11.4 Å². The monoisotopic (exact) mass is 540 g/mol. The molecule has 1 aromatic heterocycles. The molecular formula is C31H32N4O5. The van der Waals surface area contributed by atoms with E-state index in [9.17, 15) is 14.4 Å². The van der Waals surface area contributed by atoms with Crippen molar-refractivity contribution in [1.82, 2.24) is 15.3 Å². The lowest BCUT2D eigenvalue weighted by Crippen LogP contribution is -2.32. The highest BCUT2D eigenvalue weighted by Crippen LogP contribution is 2.24. The Morgan fingerprint density at radius 3 is 2.42 bits per heavy atom. The molecule has 40 heavy (non-hydrogen) atoms. The van der Waals surface area contributed by atoms with E-state index in [-0.39, 0.29) is 31.2 Å². The van der Waals surface area contributed by atoms with E-state index in [0.717, 1.165) is 5.56 Å². The highest BCUT2D eigenvalue weighted by molar-refractivity contribution is 6.11. The Bertz CT molecular complexity index is 1540. The van der Waals surface area contributed by atoms with E-state index in [0.29, 0.717) is 33.5 Å². The maximum Gasteiger partial charge on any atom is 0.407 e. The number of ether oxygens (including phenoxy) is 2. The molecule has 0 aliphatic rings. The van der Waals surface area contributed by atoms with Crippen LogP contribution in [-0.2, 0) is 27.2 Å². The summed E-state index contributed by atoms with van der Waals surface area (Å²) in [5.74, 6) is -0.443. The molecule has 4 aromatic rings. The van der Waals surface area contributed by atoms with Crippen molar-refractivity contribution in [2.45, 2.75) is 46.3 Å². The van der Waals surface area contributed by atoms with Crippen molar-refractivity contribution in [1.29, 1.82) is 0 Å². The van der Waals surface area contributed by atoms with Gasteiger partial charge in [-0.2, -0.15) is 0 Å². The predicted octanol–water partition coefficient (Wildman–Crippen LogP) is 5.68. The Morgan fingerprint density at radius 1 is 0.900 bits per heavy atom. The molecule has 0 bridgehead atoms. The van der Waals surface area contributed by atoms with Crippen molar-refractivity contribution < 1.29 is 23.9 Å². The highest BCUT2D eigenvalue weighted by atomic mass is 16.6. The number of aromatic nitrogens is 2. The van der Waals surface area contributed by atoms with Gasteiger partial charge in [0.2, 0.25) is 0 Å². The number of carbonyl (C=O) groups is 3. The van der Waals surface area contributed by atoms with E-state index < -0.39 is 17.6 Å². The number of para-hydroxylation sites is 2. The van der Waals surface area contributed by atoms with E-state index >= 15 is 0 Å². The summed E-state index contributed by atoms with van der Waals surface area (Å²) in [4.78, 5) is 47.1. The molecule has 0 aliphatic carbocycles. The van der Waals surface area contributed by atoms with Crippen molar-refractivity contribution in [3.63, 3.8) is 0 Å². The average molecular weight is 541 g/mol. The molecule has 0 fully saturated rings. The van der Waals surface area contributed by atoms with Crippen LogP contribution in [0.1, 0.15) is 49.3 Å². The van der Waals surface area contributed by atoms with Gasteiger partial charge in [0.25, 0.3) is 5.91 Å². The fraction of sp³-hybridized carbons (Fsp3) is 0.258. The molecule has 0 aliphatic heterocycles. The second-order valence-electron chi connectivity index (χ2n) is 10.1. The van der Waals surface area contributed by atoms with E-state index in [1.54, 1.807) is 58.0 Å². The Morgan fingerprint density at radius 2 is 1.65 bits per heavy atom. The molecule has 0 spiro atoms. The number of fused-ring (bicyclic) bond motifs is 1. The first kappa shape index (κ1) is 28.2. The standard InChI is InChI=1S/C31H32N4O5/c1-5-39-26(36)18-21-12-6-8-15-24(21)34-29(37)27-23-14-7-9-16-25(23)33-28(35-27)22-13-10-11-20(17-22)19-32-30(38)40-31(2,3)4/h6-17H,5,18-19H2,1-4H3,(H,32,38)(H,34,37). The number of hydrogen-bond donors (Lipinski definition) is 2. The summed E-state index contributed by atoms with van der Waals surface area (Å²) < 4.78 is 10.4. The molecule has 0 atom stereocenters. The van der Waals surface area contributed by atoms with Crippen molar-refractivity contribution in [3.05, 3.63) is 89.6 Å². The summed E-state index contributed by atoms with van der Waals surface area (Å²) in [6, 6.07) is 21.8. The van der Waals surface area contributed by atoms with Crippen LogP contribution in [0.4, 0.5) is 10.5 Å². The van der Waals surface area contributed by atoms with Gasteiger partial charge in [0.05, 0.1) is 18.5 Å². The molecule has 0 saturated carbocycles. The minimum Gasteiger partial charge on any atom is -0.466 e. The smallest absolute Gasteiger partial charge is 0.407 e. The van der Waals surface area contributed by atoms with Gasteiger partial charge in [-0.05, 0) is 57.0 Å². The summed E-state index contributed by atoms with van der Waals surface area (Å²) in [5.41, 5.74) is 2.85. The van der Waals surface area contributed by atoms with Crippen LogP contribution in [-0.4, -0.2) is 40.1 Å². The lowest BCUT2D eigenvalue weighted by Gasteiger charge is -2.19. The lowest BCUT2D eigenvalue weighted by atomic mass is 10.1. The molecule has 206 valence electrons. The Balaban J connectivity index is 1.62. The maximum absolute atomic E-state index is 13.6. The third-order valence-corrected chi connectivity index (χ3v) is 5.74. The van der Waals surface area contributed by atoms with Crippen LogP contribution in [0.25, 0.3) is 22.3 Å². The predicted molar refractivity (Wildman–Crippen MR) is 153 cm³/mol. The number of esters is 1. The molecule has 2 N–H and O–H groups in total. The molecule has 1 heterocycles. The summed E-state index contributed by atoms with van der Waals surface area (Å²) in [5, 5.41) is 6.25. The van der Waals surface area contributed by atoms with Gasteiger partial charge in [0, 0.05) is 23.2 Å². The number of amides is 2. The van der Waals surface area contributed by atoms with Gasteiger partial charge in [0.1, 0.15) is 11.3 Å².